The Morgan fingerprint density at radius 1 is 1.25 bits per heavy atom. The van der Waals surface area contributed by atoms with Crippen LogP contribution in [0.3, 0.4) is 0 Å². The van der Waals surface area contributed by atoms with Gasteiger partial charge in [-0.2, -0.15) is 0 Å². The molecule has 0 unspecified atom stereocenters. The molecule has 4 rings (SSSR count). The highest BCUT2D eigenvalue weighted by atomic mass is 19.1. The molecule has 2 aliphatic rings. The summed E-state index contributed by atoms with van der Waals surface area (Å²) in [5, 5.41) is 3.42. The Kier molecular flexibility index (Phi) is 4.60. The molecule has 0 radical (unpaired) electrons. The van der Waals surface area contributed by atoms with E-state index in [-0.39, 0.29) is 11.9 Å². The van der Waals surface area contributed by atoms with E-state index in [4.69, 9.17) is 4.74 Å². The molecule has 2 saturated heterocycles. The molecule has 24 heavy (non-hydrogen) atoms. The van der Waals surface area contributed by atoms with Gasteiger partial charge >= 0.3 is 0 Å². The number of aromatic amines is 1. The van der Waals surface area contributed by atoms with Crippen LogP contribution in [0.5, 0.6) is 0 Å². The first-order chi connectivity index (χ1) is 11.8. The quantitative estimate of drug-likeness (QED) is 0.907. The Balaban J connectivity index is 1.57. The summed E-state index contributed by atoms with van der Waals surface area (Å²) >= 11 is 0. The van der Waals surface area contributed by atoms with E-state index >= 15 is 0 Å². The minimum Gasteiger partial charge on any atom is -0.378 e. The fourth-order valence-electron chi connectivity index (χ4n) is 3.74. The van der Waals surface area contributed by atoms with Gasteiger partial charge in [0.2, 0.25) is 0 Å². The molecule has 1 aromatic heterocycles. The number of benzene rings is 1. The third-order valence-electron chi connectivity index (χ3n) is 4.99. The van der Waals surface area contributed by atoms with Gasteiger partial charge in [-0.25, -0.2) is 9.37 Å². The van der Waals surface area contributed by atoms with Gasteiger partial charge in [0.25, 0.3) is 0 Å². The van der Waals surface area contributed by atoms with Crippen molar-refractivity contribution in [1.82, 2.24) is 20.2 Å². The van der Waals surface area contributed by atoms with Gasteiger partial charge in [0.15, 0.2) is 0 Å². The van der Waals surface area contributed by atoms with Crippen molar-refractivity contribution in [3.8, 4) is 11.3 Å². The Hall–Kier alpha value is -1.76. The van der Waals surface area contributed by atoms with Crippen LogP contribution >= 0.6 is 0 Å². The summed E-state index contributed by atoms with van der Waals surface area (Å²) in [4.78, 5) is 10.5. The number of piperidine rings is 1. The van der Waals surface area contributed by atoms with E-state index in [0.717, 1.165) is 56.2 Å². The van der Waals surface area contributed by atoms with Crippen molar-refractivity contribution in [3.63, 3.8) is 0 Å². The minimum absolute atomic E-state index is 0.143. The van der Waals surface area contributed by atoms with Gasteiger partial charge in [0.05, 0.1) is 31.1 Å². The van der Waals surface area contributed by atoms with Gasteiger partial charge in [-0.3, -0.25) is 4.90 Å². The number of nitrogens with zero attached hydrogens (tertiary/aromatic N) is 2. The molecule has 6 heteroatoms. The maximum Gasteiger partial charge on any atom is 0.126 e. The van der Waals surface area contributed by atoms with Gasteiger partial charge in [-0.05, 0) is 38.1 Å². The maximum absolute atomic E-state index is 13.5. The predicted octanol–water partition coefficient (Wildman–Crippen LogP) is 2.34. The van der Waals surface area contributed by atoms with Crippen LogP contribution in [0.25, 0.3) is 11.3 Å². The second-order valence-electron chi connectivity index (χ2n) is 6.50. The van der Waals surface area contributed by atoms with Gasteiger partial charge < -0.3 is 15.0 Å². The number of imidazole rings is 1. The van der Waals surface area contributed by atoms with E-state index in [1.165, 1.54) is 12.1 Å². The molecule has 2 aromatic rings. The van der Waals surface area contributed by atoms with Crippen LogP contribution in [0.4, 0.5) is 4.39 Å². The van der Waals surface area contributed by atoms with Crippen LogP contribution in [0.15, 0.2) is 30.5 Å². The summed E-state index contributed by atoms with van der Waals surface area (Å²) in [6.45, 7) is 4.51. The van der Waals surface area contributed by atoms with Crippen molar-refractivity contribution < 1.29 is 9.13 Å². The Morgan fingerprint density at radius 2 is 2.12 bits per heavy atom. The van der Waals surface area contributed by atoms with Gasteiger partial charge in [0.1, 0.15) is 11.6 Å². The third kappa shape index (κ3) is 3.22. The highest BCUT2D eigenvalue weighted by Crippen LogP contribution is 2.29. The van der Waals surface area contributed by atoms with Gasteiger partial charge in [-0.15, -0.1) is 0 Å². The minimum atomic E-state index is -0.235. The van der Waals surface area contributed by atoms with Crippen molar-refractivity contribution in [2.24, 2.45) is 0 Å². The van der Waals surface area contributed by atoms with Crippen LogP contribution in [0.2, 0.25) is 0 Å². The van der Waals surface area contributed by atoms with Crippen molar-refractivity contribution in [2.45, 2.75) is 24.9 Å². The first-order valence-electron chi connectivity index (χ1n) is 8.66. The molecule has 1 aromatic carbocycles. The lowest BCUT2D eigenvalue weighted by Gasteiger charge is -2.41. The van der Waals surface area contributed by atoms with E-state index in [1.807, 2.05) is 6.07 Å². The largest absolute Gasteiger partial charge is 0.378 e. The molecular weight excluding hydrogens is 307 g/mol. The highest BCUT2D eigenvalue weighted by molar-refractivity contribution is 5.58. The monoisotopic (exact) mass is 330 g/mol. The molecule has 3 heterocycles. The van der Waals surface area contributed by atoms with Crippen LogP contribution in [-0.2, 0) is 4.74 Å². The van der Waals surface area contributed by atoms with Crippen LogP contribution in [-0.4, -0.2) is 53.8 Å². The van der Waals surface area contributed by atoms with Gasteiger partial charge in [0, 0.05) is 18.2 Å². The van der Waals surface area contributed by atoms with Crippen molar-refractivity contribution in [2.75, 3.05) is 32.8 Å². The molecular formula is C18H23FN4O. The summed E-state index contributed by atoms with van der Waals surface area (Å²) in [7, 11) is 0. The van der Waals surface area contributed by atoms with Crippen molar-refractivity contribution >= 4 is 0 Å². The molecule has 128 valence electrons. The second kappa shape index (κ2) is 7.01. The number of aromatic nitrogens is 2. The van der Waals surface area contributed by atoms with E-state index in [9.17, 15) is 4.39 Å². The fourth-order valence-corrected chi connectivity index (χ4v) is 3.74. The summed E-state index contributed by atoms with van der Waals surface area (Å²) in [5.74, 6) is 0.675. The zero-order valence-electron chi connectivity index (χ0n) is 13.7. The van der Waals surface area contributed by atoms with E-state index in [2.05, 4.69) is 20.2 Å². The lowest BCUT2D eigenvalue weighted by atomic mass is 10.0. The Labute approximate surface area is 141 Å². The number of nitrogens with one attached hydrogen (secondary N) is 2. The Morgan fingerprint density at radius 3 is 2.96 bits per heavy atom. The highest BCUT2D eigenvalue weighted by Gasteiger charge is 2.32. The molecule has 0 aliphatic carbocycles. The SMILES string of the molecule is Fc1cccc(-c2cnc([C@@H]3COCCN3C3CCNCC3)[nH]2)c1. The first kappa shape index (κ1) is 15.7. The molecule has 0 spiro atoms. The number of ether oxygens (including phenoxy) is 1. The average molecular weight is 330 g/mol. The zero-order chi connectivity index (χ0) is 16.4. The zero-order valence-corrected chi connectivity index (χ0v) is 13.7. The molecule has 2 N–H and O–H groups in total. The third-order valence-corrected chi connectivity index (χ3v) is 4.99. The van der Waals surface area contributed by atoms with Crippen LogP contribution in [0.1, 0.15) is 24.7 Å². The summed E-state index contributed by atoms with van der Waals surface area (Å²) in [5.41, 5.74) is 1.67. The van der Waals surface area contributed by atoms with Crippen molar-refractivity contribution in [1.29, 1.82) is 0 Å². The van der Waals surface area contributed by atoms with Crippen LogP contribution in [0, 0.1) is 5.82 Å². The summed E-state index contributed by atoms with van der Waals surface area (Å²) in [6.07, 6.45) is 4.11. The number of hydrogen-bond acceptors (Lipinski definition) is 4. The summed E-state index contributed by atoms with van der Waals surface area (Å²) < 4.78 is 19.2. The van der Waals surface area contributed by atoms with E-state index < -0.39 is 0 Å². The molecule has 1 atom stereocenters. The number of rotatable bonds is 3. The van der Waals surface area contributed by atoms with Crippen LogP contribution < -0.4 is 5.32 Å². The van der Waals surface area contributed by atoms with E-state index in [0.29, 0.717) is 12.6 Å². The molecule has 5 nitrogen and oxygen atoms in total. The molecule has 2 fully saturated rings. The second-order valence-corrected chi connectivity index (χ2v) is 6.50. The topological polar surface area (TPSA) is 53.2 Å². The average Bonchev–Trinajstić information content (AvgIpc) is 3.12. The first-order valence-corrected chi connectivity index (χ1v) is 8.66. The normalized spacial score (nSPS) is 23.5. The fraction of sp³-hybridized carbons (Fsp3) is 0.500. The molecule has 0 bridgehead atoms. The standard InChI is InChI=1S/C18H23FN4O/c19-14-3-1-2-13(10-14)16-11-21-18(22-16)17-12-24-9-8-23(17)15-4-6-20-7-5-15/h1-3,10-11,15,17,20H,4-9,12H2,(H,21,22)/t17-/m0/s1. The lowest BCUT2D eigenvalue weighted by Crippen LogP contribution is -2.49. The molecule has 0 saturated carbocycles. The number of H-pyrrole nitrogens is 1. The van der Waals surface area contributed by atoms with E-state index in [1.54, 1.807) is 12.3 Å². The van der Waals surface area contributed by atoms with Crippen molar-refractivity contribution in [3.05, 3.63) is 42.1 Å². The number of morpholine rings is 1. The number of hydrogen-bond donors (Lipinski definition) is 2. The predicted molar refractivity (Wildman–Crippen MR) is 90.1 cm³/mol. The Bertz CT molecular complexity index is 683. The lowest BCUT2D eigenvalue weighted by molar-refractivity contribution is -0.0387. The smallest absolute Gasteiger partial charge is 0.126 e. The summed E-state index contributed by atoms with van der Waals surface area (Å²) in [6, 6.07) is 7.30. The molecule has 0 amide bonds. The maximum atomic E-state index is 13.5. The van der Waals surface area contributed by atoms with Gasteiger partial charge in [-0.1, -0.05) is 12.1 Å². The number of halogens is 1. The molecule has 2 aliphatic heterocycles.